The highest BCUT2D eigenvalue weighted by molar-refractivity contribution is 7.90. The van der Waals surface area contributed by atoms with Crippen LogP contribution in [0, 0.1) is 5.92 Å². The summed E-state index contributed by atoms with van der Waals surface area (Å²) in [5.41, 5.74) is -0.709. The molecule has 1 amide bonds. The van der Waals surface area contributed by atoms with Gasteiger partial charge in [-0.2, -0.15) is 0 Å². The summed E-state index contributed by atoms with van der Waals surface area (Å²) in [6.45, 7) is 3.56. The van der Waals surface area contributed by atoms with Crippen LogP contribution in [0.3, 0.4) is 0 Å². The maximum Gasteiger partial charge on any atom is 0.348 e. The highest BCUT2D eigenvalue weighted by atomic mass is 32.2. The van der Waals surface area contributed by atoms with Gasteiger partial charge in [0.15, 0.2) is 15.9 Å². The van der Waals surface area contributed by atoms with E-state index in [1.54, 1.807) is 60.7 Å². The largest absolute Gasteiger partial charge is 0.453 e. The third kappa shape index (κ3) is 5.68. The third-order valence-corrected chi connectivity index (χ3v) is 9.48. The molecule has 0 saturated carbocycles. The number of ether oxygens (including phenoxy) is 1. The second-order valence-corrected chi connectivity index (χ2v) is 13.0. The lowest BCUT2D eigenvalue weighted by molar-refractivity contribution is -0.945. The van der Waals surface area contributed by atoms with Gasteiger partial charge in [0.1, 0.15) is 6.54 Å². The van der Waals surface area contributed by atoms with E-state index < -0.39 is 21.4 Å². The van der Waals surface area contributed by atoms with Crippen LogP contribution in [-0.4, -0.2) is 75.0 Å². The Hall–Kier alpha value is -3.53. The molecule has 6 rings (SSSR count). The van der Waals surface area contributed by atoms with Crippen LogP contribution in [-0.2, 0) is 25.0 Å². The Labute approximate surface area is 235 Å². The van der Waals surface area contributed by atoms with Gasteiger partial charge < -0.3 is 19.6 Å². The number of amides is 1. The minimum absolute atomic E-state index is 0.107. The van der Waals surface area contributed by atoms with E-state index in [-0.39, 0.29) is 22.8 Å². The third-order valence-electron chi connectivity index (χ3n) is 8.37. The first-order chi connectivity index (χ1) is 19.1. The Balaban J connectivity index is 1.26. The molecule has 3 saturated heterocycles. The number of quaternary nitrogens is 1. The SMILES string of the molecule is CS(=O)(=O)c1cccc(C(=O)NCC[N+]23CCC(CC2)[C@@H](OC(=O)C(O)(c2ccccc2)c2ccccc2)C3)c1. The Morgan fingerprint density at radius 3 is 2.12 bits per heavy atom. The van der Waals surface area contributed by atoms with Crippen molar-refractivity contribution in [3.8, 4) is 0 Å². The summed E-state index contributed by atoms with van der Waals surface area (Å²) in [7, 11) is -3.41. The number of hydrogen-bond acceptors (Lipinski definition) is 6. The van der Waals surface area contributed by atoms with E-state index in [4.69, 9.17) is 4.74 Å². The normalized spacial score (nSPS) is 22.4. The fourth-order valence-corrected chi connectivity index (χ4v) is 6.70. The molecule has 2 N–H and O–H groups in total. The average Bonchev–Trinajstić information content (AvgIpc) is 2.97. The van der Waals surface area contributed by atoms with Crippen molar-refractivity contribution >= 4 is 21.7 Å². The number of fused-ring (bicyclic) bond motifs is 3. The number of nitrogens with one attached hydrogen (secondary N) is 1. The molecular weight excluding hydrogens is 528 g/mol. The standard InChI is InChI=1S/C31H34N2O6S/c1-40(37,38)27-14-8-9-24(21-27)29(34)32-17-20-33-18-15-23(16-19-33)28(22-33)39-30(35)31(36,25-10-4-2-5-11-25)26-12-6-3-7-13-26/h2-14,21,23,28,36H,15-20,22H2,1H3/p+1/t23?,28-,33?/m0/s1. The molecule has 3 heterocycles. The molecule has 1 atom stereocenters. The predicted molar refractivity (Wildman–Crippen MR) is 150 cm³/mol. The van der Waals surface area contributed by atoms with Crippen molar-refractivity contribution in [3.05, 3.63) is 102 Å². The number of rotatable bonds is 9. The zero-order valence-corrected chi connectivity index (χ0v) is 23.3. The molecule has 3 aromatic rings. The smallest absolute Gasteiger partial charge is 0.348 e. The first kappa shape index (κ1) is 28.0. The van der Waals surface area contributed by atoms with Gasteiger partial charge in [-0.25, -0.2) is 13.2 Å². The predicted octanol–water partition coefficient (Wildman–Crippen LogP) is 2.91. The Bertz CT molecular complexity index is 1430. The molecule has 0 aromatic heterocycles. The molecule has 3 aliphatic rings. The van der Waals surface area contributed by atoms with Crippen molar-refractivity contribution in [1.29, 1.82) is 0 Å². The lowest BCUT2D eigenvalue weighted by Crippen LogP contribution is -2.66. The maximum atomic E-state index is 13.7. The van der Waals surface area contributed by atoms with Crippen LogP contribution in [0.5, 0.6) is 0 Å². The Morgan fingerprint density at radius 1 is 0.950 bits per heavy atom. The average molecular weight is 564 g/mol. The fourth-order valence-electron chi connectivity index (χ4n) is 6.03. The summed E-state index contributed by atoms with van der Waals surface area (Å²) in [5.74, 6) is -0.775. The van der Waals surface area contributed by atoms with Crippen molar-refractivity contribution in [1.82, 2.24) is 5.32 Å². The van der Waals surface area contributed by atoms with Crippen LogP contribution in [0.15, 0.2) is 89.8 Å². The molecule has 210 valence electrons. The summed E-state index contributed by atoms with van der Waals surface area (Å²) < 4.78 is 30.5. The maximum absolute atomic E-state index is 13.7. The number of benzene rings is 3. The van der Waals surface area contributed by atoms with Crippen LogP contribution in [0.2, 0.25) is 0 Å². The topological polar surface area (TPSA) is 110 Å². The number of carbonyl (C=O) groups is 2. The molecule has 2 bridgehead atoms. The van der Waals surface area contributed by atoms with Gasteiger partial charge in [0.05, 0.1) is 31.1 Å². The van der Waals surface area contributed by atoms with Gasteiger partial charge in [-0.15, -0.1) is 0 Å². The molecule has 9 heteroatoms. The summed E-state index contributed by atoms with van der Waals surface area (Å²) in [6, 6.07) is 23.8. The number of sulfone groups is 1. The summed E-state index contributed by atoms with van der Waals surface area (Å²) in [4.78, 5) is 26.5. The number of hydrogen-bond donors (Lipinski definition) is 2. The van der Waals surface area contributed by atoms with Gasteiger partial charge in [-0.3, -0.25) is 4.79 Å². The van der Waals surface area contributed by atoms with E-state index in [1.165, 1.54) is 12.1 Å². The van der Waals surface area contributed by atoms with E-state index in [0.717, 1.165) is 32.2 Å². The molecule has 3 fully saturated rings. The monoisotopic (exact) mass is 563 g/mol. The van der Waals surface area contributed by atoms with Gasteiger partial charge in [0.2, 0.25) is 5.60 Å². The lowest BCUT2D eigenvalue weighted by atomic mass is 9.82. The van der Waals surface area contributed by atoms with E-state index >= 15 is 0 Å². The van der Waals surface area contributed by atoms with E-state index in [1.807, 2.05) is 12.1 Å². The summed E-state index contributed by atoms with van der Waals surface area (Å²) in [5, 5.41) is 14.7. The van der Waals surface area contributed by atoms with E-state index in [9.17, 15) is 23.1 Å². The van der Waals surface area contributed by atoms with Gasteiger partial charge in [-0.1, -0.05) is 66.7 Å². The first-order valence-electron chi connectivity index (χ1n) is 13.6. The van der Waals surface area contributed by atoms with Crippen molar-refractivity contribution < 1.29 is 32.3 Å². The number of carbonyl (C=O) groups excluding carboxylic acids is 2. The van der Waals surface area contributed by atoms with Gasteiger partial charge in [0.25, 0.3) is 5.91 Å². The van der Waals surface area contributed by atoms with Crippen LogP contribution < -0.4 is 5.32 Å². The van der Waals surface area contributed by atoms with Gasteiger partial charge in [0, 0.05) is 30.6 Å². The highest BCUT2D eigenvalue weighted by Gasteiger charge is 2.50. The molecule has 0 aliphatic carbocycles. The molecule has 3 aliphatic heterocycles. The van der Waals surface area contributed by atoms with Crippen molar-refractivity contribution in [2.24, 2.45) is 5.92 Å². The minimum atomic E-state index is -3.41. The molecule has 0 radical (unpaired) electrons. The molecule has 8 nitrogen and oxygen atoms in total. The minimum Gasteiger partial charge on any atom is -0.453 e. The fraction of sp³-hybridized carbons (Fsp3) is 0.355. The van der Waals surface area contributed by atoms with Gasteiger partial charge in [-0.05, 0) is 29.3 Å². The van der Waals surface area contributed by atoms with Crippen LogP contribution >= 0.6 is 0 Å². The highest BCUT2D eigenvalue weighted by Crippen LogP contribution is 2.38. The first-order valence-corrected chi connectivity index (χ1v) is 15.5. The second kappa shape index (κ2) is 11.2. The number of esters is 1. The van der Waals surface area contributed by atoms with Gasteiger partial charge >= 0.3 is 5.97 Å². The molecule has 40 heavy (non-hydrogen) atoms. The van der Waals surface area contributed by atoms with Crippen LogP contribution in [0.4, 0.5) is 0 Å². The van der Waals surface area contributed by atoms with Crippen molar-refractivity contribution in [2.75, 3.05) is 39.0 Å². The quantitative estimate of drug-likeness (QED) is 0.306. The molecule has 3 aromatic carbocycles. The molecule has 0 spiro atoms. The van der Waals surface area contributed by atoms with Crippen LogP contribution in [0.1, 0.15) is 34.3 Å². The van der Waals surface area contributed by atoms with Crippen molar-refractivity contribution in [3.63, 3.8) is 0 Å². The zero-order chi connectivity index (χ0) is 28.4. The molecular formula is C31H35N2O6S+. The molecule has 0 unspecified atom stereocenters. The summed E-state index contributed by atoms with van der Waals surface area (Å²) in [6.07, 6.45) is 2.58. The van der Waals surface area contributed by atoms with E-state index in [2.05, 4.69) is 5.32 Å². The number of nitrogens with zero attached hydrogens (tertiary/aromatic N) is 1. The second-order valence-electron chi connectivity index (χ2n) is 11.0. The van der Waals surface area contributed by atoms with Crippen LogP contribution in [0.25, 0.3) is 0 Å². The lowest BCUT2D eigenvalue weighted by Gasteiger charge is -2.52. The van der Waals surface area contributed by atoms with Crippen molar-refractivity contribution in [2.45, 2.75) is 29.4 Å². The Kier molecular flexibility index (Phi) is 7.81. The zero-order valence-electron chi connectivity index (χ0n) is 22.5. The Morgan fingerprint density at radius 2 is 1.55 bits per heavy atom. The summed E-state index contributed by atoms with van der Waals surface area (Å²) >= 11 is 0. The number of aliphatic hydroxyl groups is 1. The number of piperidine rings is 3. The van der Waals surface area contributed by atoms with E-state index in [0.29, 0.717) is 40.8 Å².